The van der Waals surface area contributed by atoms with Crippen LogP contribution in [0.25, 0.3) is 0 Å². The topological polar surface area (TPSA) is 91.0 Å². The second-order valence-electron chi connectivity index (χ2n) is 4.43. The Hall–Kier alpha value is -1.26. The third-order valence-electron chi connectivity index (χ3n) is 3.52. The first kappa shape index (κ1) is 12.8. The van der Waals surface area contributed by atoms with Crippen molar-refractivity contribution < 1.29 is 4.79 Å². The second kappa shape index (κ2) is 5.18. The Morgan fingerprint density at radius 3 is 2.31 bits per heavy atom. The first-order valence-corrected chi connectivity index (χ1v) is 5.97. The van der Waals surface area contributed by atoms with Gasteiger partial charge in [0.15, 0.2) is 0 Å². The smallest absolute Gasteiger partial charge is 0.315 e. The molecule has 0 heterocycles. The highest BCUT2D eigenvalue weighted by Crippen LogP contribution is 2.19. The fourth-order valence-corrected chi connectivity index (χ4v) is 1.87. The number of carbonyl (C=O) groups excluding carboxylic acids is 1. The minimum absolute atomic E-state index is 0.0289. The maximum atomic E-state index is 11.7. The minimum Gasteiger partial charge on any atom is -0.386 e. The van der Waals surface area contributed by atoms with Crippen molar-refractivity contribution in [3.05, 3.63) is 0 Å². The Morgan fingerprint density at radius 2 is 2.00 bits per heavy atom. The van der Waals surface area contributed by atoms with E-state index in [-0.39, 0.29) is 11.9 Å². The highest BCUT2D eigenvalue weighted by molar-refractivity contribution is 5.91. The highest BCUT2D eigenvalue weighted by atomic mass is 16.2. The zero-order valence-electron chi connectivity index (χ0n) is 10.1. The Kier molecular flexibility index (Phi) is 4.15. The van der Waals surface area contributed by atoms with Crippen molar-refractivity contribution in [3.8, 4) is 0 Å². The number of hydrogen-bond acceptors (Lipinski definition) is 2. The first-order chi connectivity index (χ1) is 7.54. The molecule has 1 fully saturated rings. The summed E-state index contributed by atoms with van der Waals surface area (Å²) in [7, 11) is 0. The van der Waals surface area contributed by atoms with E-state index in [0.717, 1.165) is 12.8 Å². The van der Waals surface area contributed by atoms with E-state index in [1.807, 2.05) is 13.8 Å². The zero-order valence-corrected chi connectivity index (χ0v) is 10.1. The third-order valence-corrected chi connectivity index (χ3v) is 3.52. The van der Waals surface area contributed by atoms with Gasteiger partial charge in [-0.15, -0.1) is 0 Å². The van der Waals surface area contributed by atoms with Crippen LogP contribution in [0.2, 0.25) is 0 Å². The molecule has 0 aromatic rings. The van der Waals surface area contributed by atoms with Crippen LogP contribution >= 0.6 is 0 Å². The molecule has 16 heavy (non-hydrogen) atoms. The van der Waals surface area contributed by atoms with Crippen molar-refractivity contribution >= 4 is 11.9 Å². The predicted octanol–water partition coefficient (Wildman–Crippen LogP) is 1.33. The van der Waals surface area contributed by atoms with E-state index in [0.29, 0.717) is 18.9 Å². The Bertz CT molecular complexity index is 269. The van der Waals surface area contributed by atoms with E-state index in [1.165, 1.54) is 6.42 Å². The lowest BCUT2D eigenvalue weighted by atomic mass is 9.91. The first-order valence-electron chi connectivity index (χ1n) is 5.97. The maximum absolute atomic E-state index is 11.7. The summed E-state index contributed by atoms with van der Waals surface area (Å²) in [5, 5.41) is 13.3. The molecule has 0 bridgehead atoms. The molecule has 0 spiro atoms. The molecule has 5 N–H and O–H groups in total. The zero-order chi connectivity index (χ0) is 12.2. The van der Waals surface area contributed by atoms with E-state index in [2.05, 4.69) is 10.6 Å². The number of rotatable bonds is 5. The molecule has 1 aliphatic carbocycles. The van der Waals surface area contributed by atoms with E-state index in [4.69, 9.17) is 11.1 Å². The molecule has 0 unspecified atom stereocenters. The van der Waals surface area contributed by atoms with E-state index in [1.54, 1.807) is 0 Å². The average molecular weight is 226 g/mol. The van der Waals surface area contributed by atoms with Crippen molar-refractivity contribution in [2.45, 2.75) is 57.5 Å². The van der Waals surface area contributed by atoms with Crippen LogP contribution in [0.15, 0.2) is 0 Å². The van der Waals surface area contributed by atoms with Crippen LogP contribution in [0.5, 0.6) is 0 Å². The molecule has 0 aliphatic heterocycles. The van der Waals surface area contributed by atoms with Gasteiger partial charge >= 0.3 is 6.03 Å². The molecule has 92 valence electrons. The highest BCUT2D eigenvalue weighted by Gasteiger charge is 2.32. The molecule has 0 radical (unpaired) electrons. The van der Waals surface area contributed by atoms with Crippen LogP contribution in [-0.4, -0.2) is 23.4 Å². The van der Waals surface area contributed by atoms with Crippen LogP contribution in [0.1, 0.15) is 46.0 Å². The van der Waals surface area contributed by atoms with Crippen molar-refractivity contribution in [1.82, 2.24) is 10.6 Å². The van der Waals surface area contributed by atoms with Gasteiger partial charge in [-0.3, -0.25) is 5.41 Å². The summed E-state index contributed by atoms with van der Waals surface area (Å²) in [6.45, 7) is 3.85. The summed E-state index contributed by atoms with van der Waals surface area (Å²) in [5.74, 6) is 0.0289. The molecule has 0 aromatic heterocycles. The summed E-state index contributed by atoms with van der Waals surface area (Å²) >= 11 is 0. The normalized spacial score (nSPS) is 16.4. The molecule has 1 aliphatic rings. The van der Waals surface area contributed by atoms with E-state index in [9.17, 15) is 4.79 Å². The number of amidine groups is 1. The van der Waals surface area contributed by atoms with E-state index >= 15 is 0 Å². The van der Waals surface area contributed by atoms with Gasteiger partial charge in [0.2, 0.25) is 0 Å². The van der Waals surface area contributed by atoms with E-state index < -0.39 is 5.54 Å². The second-order valence-corrected chi connectivity index (χ2v) is 4.43. The number of urea groups is 1. The lowest BCUT2D eigenvalue weighted by molar-refractivity contribution is 0.219. The maximum Gasteiger partial charge on any atom is 0.315 e. The van der Waals surface area contributed by atoms with Crippen molar-refractivity contribution in [1.29, 1.82) is 5.41 Å². The van der Waals surface area contributed by atoms with Crippen molar-refractivity contribution in [2.24, 2.45) is 5.73 Å². The number of hydrogen-bond donors (Lipinski definition) is 4. The molecular formula is C11H22N4O. The summed E-state index contributed by atoms with van der Waals surface area (Å²) < 4.78 is 0. The SMILES string of the molecule is CCC(CC)(NC(=O)NC1CCC1)C(=N)N. The van der Waals surface area contributed by atoms with Crippen LogP contribution in [-0.2, 0) is 0 Å². The Morgan fingerprint density at radius 1 is 1.44 bits per heavy atom. The molecule has 2 amide bonds. The minimum atomic E-state index is -0.687. The largest absolute Gasteiger partial charge is 0.386 e. The van der Waals surface area contributed by atoms with Crippen molar-refractivity contribution in [2.75, 3.05) is 0 Å². The third kappa shape index (κ3) is 2.65. The van der Waals surface area contributed by atoms with Crippen LogP contribution in [0.4, 0.5) is 4.79 Å². The summed E-state index contributed by atoms with van der Waals surface area (Å²) in [5.41, 5.74) is 4.87. The van der Waals surface area contributed by atoms with Gasteiger partial charge in [-0.1, -0.05) is 13.8 Å². The fourth-order valence-electron chi connectivity index (χ4n) is 1.87. The molecule has 0 aromatic carbocycles. The molecule has 1 rings (SSSR count). The summed E-state index contributed by atoms with van der Waals surface area (Å²) in [6.07, 6.45) is 4.57. The summed E-state index contributed by atoms with van der Waals surface area (Å²) in [6, 6.07) is 0.0990. The van der Waals surface area contributed by atoms with Gasteiger partial charge in [0.25, 0.3) is 0 Å². The van der Waals surface area contributed by atoms with Crippen LogP contribution in [0, 0.1) is 5.41 Å². The van der Waals surface area contributed by atoms with Crippen LogP contribution in [0.3, 0.4) is 0 Å². The van der Waals surface area contributed by atoms with Gasteiger partial charge in [-0.25, -0.2) is 4.79 Å². The molecule has 0 atom stereocenters. The average Bonchev–Trinajstić information content (AvgIpc) is 2.20. The quantitative estimate of drug-likeness (QED) is 0.421. The van der Waals surface area contributed by atoms with Crippen molar-refractivity contribution in [3.63, 3.8) is 0 Å². The molecule has 1 saturated carbocycles. The number of amides is 2. The van der Waals surface area contributed by atoms with Gasteiger partial charge in [0.05, 0.1) is 5.54 Å². The number of carbonyl (C=O) groups is 1. The molecule has 0 saturated heterocycles. The molecule has 5 nitrogen and oxygen atoms in total. The molecule has 5 heteroatoms. The lowest BCUT2D eigenvalue weighted by Crippen LogP contribution is -2.60. The standard InChI is InChI=1S/C11H22N4O/c1-3-11(4-2,9(12)13)15-10(16)14-8-6-5-7-8/h8H,3-7H2,1-2H3,(H3,12,13)(H2,14,15,16). The number of nitrogens with two attached hydrogens (primary N) is 1. The Labute approximate surface area is 96.7 Å². The van der Waals surface area contributed by atoms with Crippen LogP contribution < -0.4 is 16.4 Å². The van der Waals surface area contributed by atoms with Gasteiger partial charge in [0.1, 0.15) is 5.84 Å². The fraction of sp³-hybridized carbons (Fsp3) is 0.818. The van der Waals surface area contributed by atoms with Gasteiger partial charge in [-0.05, 0) is 32.1 Å². The molecular weight excluding hydrogens is 204 g/mol. The van der Waals surface area contributed by atoms with Gasteiger partial charge in [-0.2, -0.15) is 0 Å². The lowest BCUT2D eigenvalue weighted by Gasteiger charge is -2.34. The predicted molar refractivity (Wildman–Crippen MR) is 64.5 cm³/mol. The Balaban J connectivity index is 2.52. The monoisotopic (exact) mass is 226 g/mol. The summed E-state index contributed by atoms with van der Waals surface area (Å²) in [4.78, 5) is 11.7. The van der Waals surface area contributed by atoms with Gasteiger partial charge < -0.3 is 16.4 Å². The number of nitrogens with one attached hydrogen (secondary N) is 3. The van der Waals surface area contributed by atoms with Gasteiger partial charge in [0, 0.05) is 6.04 Å².